The lowest BCUT2D eigenvalue weighted by Gasteiger charge is -2.36. The molecule has 49 heavy (non-hydrogen) atoms. The Bertz CT molecular complexity index is 1980. The summed E-state index contributed by atoms with van der Waals surface area (Å²) >= 11 is 0. The predicted molar refractivity (Wildman–Crippen MR) is 182 cm³/mol. The molecule has 1 atom stereocenters. The molecular weight excluding hydrogens is 652 g/mol. The molecule has 0 aromatic heterocycles. The third-order valence-electron chi connectivity index (χ3n) is 8.89. The lowest BCUT2D eigenvalue weighted by atomic mass is 9.82. The number of nitrogens with one attached hydrogen (secondary N) is 1. The second-order valence-electron chi connectivity index (χ2n) is 11.6. The van der Waals surface area contributed by atoms with E-state index in [0.717, 1.165) is 38.4 Å². The fourth-order valence-corrected chi connectivity index (χ4v) is 7.81. The molecule has 254 valence electrons. The summed E-state index contributed by atoms with van der Waals surface area (Å²) < 4.78 is 67.0. The van der Waals surface area contributed by atoms with Crippen LogP contribution in [0.25, 0.3) is 0 Å². The van der Waals surface area contributed by atoms with Gasteiger partial charge in [-0.2, -0.15) is 9.57 Å². The van der Waals surface area contributed by atoms with Gasteiger partial charge in [0, 0.05) is 48.7 Å². The number of ether oxygens (including phenoxy) is 2. The second kappa shape index (κ2) is 13.7. The molecule has 2 aliphatic heterocycles. The van der Waals surface area contributed by atoms with Crippen molar-refractivity contribution in [3.8, 4) is 17.6 Å². The quantitative estimate of drug-likeness (QED) is 0.220. The second-order valence-corrected chi connectivity index (χ2v) is 13.4. The van der Waals surface area contributed by atoms with E-state index in [0.29, 0.717) is 15.7 Å². The fourth-order valence-electron chi connectivity index (χ4n) is 6.35. The van der Waals surface area contributed by atoms with Gasteiger partial charge in [0.05, 0.1) is 29.3 Å². The predicted octanol–water partition coefficient (Wildman–Crippen LogP) is 5.44. The van der Waals surface area contributed by atoms with Gasteiger partial charge in [-0.25, -0.2) is 17.2 Å². The standard InChI is InChI=1S/C36H35F2N5O5S/c1-3-41-18-20-42(21-19-41)27-11-9-26(10-12-27)40-36(30-6-4-5-7-33(30)48-24-34(37)38)31-22-25(23-39)8-17-32(31)43(35(36)44)49(45,46)29-15-13-28(47-2)14-16-29/h4-17,22,34,40H,3,18-21,24H2,1-2H3. The number of hydrogen-bond donors (Lipinski definition) is 1. The molecular formula is C36H35F2N5O5S. The Morgan fingerprint density at radius 1 is 0.939 bits per heavy atom. The van der Waals surface area contributed by atoms with Crippen molar-refractivity contribution in [2.24, 2.45) is 0 Å². The van der Waals surface area contributed by atoms with Gasteiger partial charge in [-0.15, -0.1) is 0 Å². The molecule has 4 aromatic rings. The number of carbonyl (C=O) groups is 1. The third kappa shape index (κ3) is 6.25. The Kier molecular flexibility index (Phi) is 9.45. The van der Waals surface area contributed by atoms with Gasteiger partial charge in [0.1, 0.15) is 18.1 Å². The van der Waals surface area contributed by atoms with E-state index in [1.54, 1.807) is 24.3 Å². The van der Waals surface area contributed by atoms with Crippen molar-refractivity contribution >= 4 is 33.0 Å². The number of carbonyl (C=O) groups excluding carboxylic acids is 1. The van der Waals surface area contributed by atoms with Crippen molar-refractivity contribution in [2.75, 3.05) is 61.0 Å². The molecule has 1 saturated heterocycles. The molecule has 1 amide bonds. The van der Waals surface area contributed by atoms with Crippen molar-refractivity contribution in [1.29, 1.82) is 5.26 Å². The Hall–Kier alpha value is -5.19. The number of nitrogens with zero attached hydrogens (tertiary/aromatic N) is 4. The number of fused-ring (bicyclic) bond motifs is 1. The number of piperazine rings is 1. The monoisotopic (exact) mass is 687 g/mol. The number of methoxy groups -OCH3 is 1. The lowest BCUT2D eigenvalue weighted by molar-refractivity contribution is -0.120. The van der Waals surface area contributed by atoms with Gasteiger partial charge in [-0.3, -0.25) is 4.79 Å². The highest BCUT2D eigenvalue weighted by molar-refractivity contribution is 7.93. The van der Waals surface area contributed by atoms with Crippen LogP contribution in [0.3, 0.4) is 0 Å². The molecule has 6 rings (SSSR count). The first-order chi connectivity index (χ1) is 23.6. The summed E-state index contributed by atoms with van der Waals surface area (Å²) in [5.74, 6) is -0.560. The first-order valence-electron chi connectivity index (χ1n) is 15.8. The lowest BCUT2D eigenvalue weighted by Crippen LogP contribution is -2.49. The zero-order valence-electron chi connectivity index (χ0n) is 27.0. The van der Waals surface area contributed by atoms with Crippen LogP contribution in [0.5, 0.6) is 11.5 Å². The van der Waals surface area contributed by atoms with E-state index in [1.165, 1.54) is 61.7 Å². The number of nitriles is 1. The summed E-state index contributed by atoms with van der Waals surface area (Å²) in [6.45, 7) is 5.71. The average Bonchev–Trinajstić information content (AvgIpc) is 3.38. The number of para-hydroxylation sites is 1. The number of rotatable bonds is 11. The van der Waals surface area contributed by atoms with Crippen molar-refractivity contribution in [1.82, 2.24) is 4.90 Å². The fraction of sp³-hybridized carbons (Fsp3) is 0.278. The van der Waals surface area contributed by atoms with Crippen LogP contribution in [0.4, 0.5) is 25.8 Å². The van der Waals surface area contributed by atoms with Crippen LogP contribution in [0.15, 0.2) is 95.9 Å². The highest BCUT2D eigenvalue weighted by Gasteiger charge is 2.57. The summed E-state index contributed by atoms with van der Waals surface area (Å²) in [5.41, 5.74) is -0.190. The zero-order valence-corrected chi connectivity index (χ0v) is 27.8. The summed E-state index contributed by atoms with van der Waals surface area (Å²) in [6.07, 6.45) is -2.81. The molecule has 0 radical (unpaired) electrons. The summed E-state index contributed by atoms with van der Waals surface area (Å²) in [5, 5.41) is 13.2. The van der Waals surface area contributed by atoms with E-state index >= 15 is 4.79 Å². The Morgan fingerprint density at radius 3 is 2.27 bits per heavy atom. The largest absolute Gasteiger partial charge is 0.497 e. The Balaban J connectivity index is 1.51. The van der Waals surface area contributed by atoms with Crippen molar-refractivity contribution in [3.63, 3.8) is 0 Å². The minimum atomic E-state index is -4.55. The van der Waals surface area contributed by atoms with E-state index in [-0.39, 0.29) is 33.0 Å². The number of alkyl halides is 2. The molecule has 0 bridgehead atoms. The van der Waals surface area contributed by atoms with Crippen LogP contribution < -0.4 is 24.0 Å². The Morgan fingerprint density at radius 2 is 1.63 bits per heavy atom. The van der Waals surface area contributed by atoms with E-state index in [9.17, 15) is 22.5 Å². The van der Waals surface area contributed by atoms with Gasteiger partial charge in [0.25, 0.3) is 22.4 Å². The number of likely N-dealkylation sites (N-methyl/N-ethyl adjacent to an activating group) is 1. The molecule has 10 nitrogen and oxygen atoms in total. The number of halogens is 2. The number of benzene rings is 4. The highest BCUT2D eigenvalue weighted by Crippen LogP contribution is 2.51. The summed E-state index contributed by atoms with van der Waals surface area (Å²) in [6, 6.07) is 25.5. The van der Waals surface area contributed by atoms with E-state index in [4.69, 9.17) is 9.47 Å². The maximum Gasteiger partial charge on any atom is 0.276 e. The molecule has 1 unspecified atom stereocenters. The van der Waals surface area contributed by atoms with Gasteiger partial charge in [0.2, 0.25) is 0 Å². The first kappa shape index (κ1) is 33.7. The Labute approximate surface area is 284 Å². The molecule has 0 aliphatic carbocycles. The minimum absolute atomic E-state index is 0.00129. The molecule has 2 aliphatic rings. The van der Waals surface area contributed by atoms with Crippen LogP contribution in [0.1, 0.15) is 23.6 Å². The molecule has 0 saturated carbocycles. The van der Waals surface area contributed by atoms with Gasteiger partial charge in [0.15, 0.2) is 5.54 Å². The number of hydrogen-bond acceptors (Lipinski definition) is 9. The molecule has 13 heteroatoms. The topological polar surface area (TPSA) is 115 Å². The third-order valence-corrected chi connectivity index (χ3v) is 10.6. The van der Waals surface area contributed by atoms with Crippen molar-refractivity contribution in [2.45, 2.75) is 23.8 Å². The number of sulfonamides is 1. The van der Waals surface area contributed by atoms with Crippen LogP contribution >= 0.6 is 0 Å². The maximum absolute atomic E-state index is 15.1. The van der Waals surface area contributed by atoms with E-state index in [1.807, 2.05) is 12.1 Å². The summed E-state index contributed by atoms with van der Waals surface area (Å²) in [4.78, 5) is 19.5. The molecule has 1 fully saturated rings. The number of anilines is 3. The van der Waals surface area contributed by atoms with Crippen LogP contribution in [-0.2, 0) is 20.4 Å². The van der Waals surface area contributed by atoms with Crippen LogP contribution in [-0.4, -0.2) is 72.1 Å². The molecule has 4 aromatic carbocycles. The van der Waals surface area contributed by atoms with Gasteiger partial charge < -0.3 is 24.6 Å². The van der Waals surface area contributed by atoms with Crippen LogP contribution in [0.2, 0.25) is 0 Å². The van der Waals surface area contributed by atoms with Crippen molar-refractivity contribution in [3.05, 3.63) is 108 Å². The smallest absolute Gasteiger partial charge is 0.276 e. The van der Waals surface area contributed by atoms with Crippen LogP contribution in [0, 0.1) is 11.3 Å². The van der Waals surface area contributed by atoms with E-state index < -0.39 is 34.5 Å². The van der Waals surface area contributed by atoms with Crippen molar-refractivity contribution < 1.29 is 31.5 Å². The van der Waals surface area contributed by atoms with Gasteiger partial charge in [-0.05, 0) is 79.3 Å². The number of amides is 1. The highest BCUT2D eigenvalue weighted by atomic mass is 32.2. The summed E-state index contributed by atoms with van der Waals surface area (Å²) in [7, 11) is -3.10. The average molecular weight is 688 g/mol. The normalized spacial score (nSPS) is 17.9. The maximum atomic E-state index is 15.1. The molecule has 2 heterocycles. The van der Waals surface area contributed by atoms with E-state index in [2.05, 4.69) is 28.1 Å². The van der Waals surface area contributed by atoms with Gasteiger partial charge in [-0.1, -0.05) is 25.1 Å². The first-order valence-corrected chi connectivity index (χ1v) is 17.2. The minimum Gasteiger partial charge on any atom is -0.497 e. The SMILES string of the molecule is CCN1CCN(c2ccc(NC3(c4ccccc4OCC(F)F)C(=O)N(S(=O)(=O)c4ccc(OC)cc4)c4ccc(C#N)cc43)cc2)CC1. The molecule has 1 N–H and O–H groups in total. The molecule has 0 spiro atoms. The zero-order chi connectivity index (χ0) is 34.8. The van der Waals surface area contributed by atoms with Gasteiger partial charge >= 0.3 is 0 Å².